The molecule has 0 radical (unpaired) electrons. The molecule has 0 aromatic heterocycles. The second-order valence-corrected chi connectivity index (χ2v) is 5.36. The van der Waals surface area contributed by atoms with Gasteiger partial charge in [0, 0.05) is 26.1 Å². The number of halogens is 3. The number of nitrogens with zero attached hydrogens (tertiary/aromatic N) is 1. The van der Waals surface area contributed by atoms with Crippen LogP contribution in [0.3, 0.4) is 0 Å². The summed E-state index contributed by atoms with van der Waals surface area (Å²) in [6, 6.07) is 4.64. The minimum absolute atomic E-state index is 0. The smallest absolute Gasteiger partial charge is 0.387 e. The van der Waals surface area contributed by atoms with Crippen LogP contribution >= 0.6 is 12.4 Å². The first kappa shape index (κ1) is 22.4. The van der Waals surface area contributed by atoms with Gasteiger partial charge in [0.2, 0.25) is 5.91 Å². The number of benzene rings is 1. The van der Waals surface area contributed by atoms with E-state index < -0.39 is 6.61 Å². The van der Waals surface area contributed by atoms with Crippen molar-refractivity contribution in [2.75, 3.05) is 13.7 Å². The lowest BCUT2D eigenvalue weighted by Gasteiger charge is -2.19. The Labute approximate surface area is 147 Å². The summed E-state index contributed by atoms with van der Waals surface area (Å²) in [5.41, 5.74) is 6.41. The van der Waals surface area contributed by atoms with E-state index in [1.165, 1.54) is 6.07 Å². The van der Waals surface area contributed by atoms with Crippen LogP contribution in [0.2, 0.25) is 0 Å². The van der Waals surface area contributed by atoms with Gasteiger partial charge in [-0.2, -0.15) is 8.78 Å². The molecule has 8 heteroatoms. The van der Waals surface area contributed by atoms with Crippen molar-refractivity contribution in [1.29, 1.82) is 0 Å². The molecule has 24 heavy (non-hydrogen) atoms. The molecular weight excluding hydrogens is 342 g/mol. The minimum atomic E-state index is -2.91. The van der Waals surface area contributed by atoms with Crippen LogP contribution in [0.1, 0.15) is 32.3 Å². The predicted octanol–water partition coefficient (Wildman–Crippen LogP) is 3.19. The Morgan fingerprint density at radius 3 is 2.54 bits per heavy atom. The molecule has 0 spiro atoms. The van der Waals surface area contributed by atoms with Crippen LogP contribution in [0.15, 0.2) is 18.2 Å². The highest BCUT2D eigenvalue weighted by Gasteiger charge is 2.14. The molecule has 0 aliphatic rings. The van der Waals surface area contributed by atoms with Gasteiger partial charge in [-0.15, -0.1) is 12.4 Å². The minimum Gasteiger partial charge on any atom is -0.490 e. The molecule has 1 atom stereocenters. The molecular formula is C16H25ClF2N2O3. The first-order chi connectivity index (χ1) is 10.8. The molecule has 1 amide bonds. The highest BCUT2D eigenvalue weighted by molar-refractivity contribution is 5.85. The summed E-state index contributed by atoms with van der Waals surface area (Å²) in [6.45, 7) is 1.37. The number of carbonyl (C=O) groups excluding carboxylic acids is 1. The van der Waals surface area contributed by atoms with Crippen LogP contribution in [-0.4, -0.2) is 37.1 Å². The number of rotatable bonds is 9. The maximum absolute atomic E-state index is 12.4. The lowest BCUT2D eigenvalue weighted by Crippen LogP contribution is -2.28. The topological polar surface area (TPSA) is 64.8 Å². The first-order valence-electron chi connectivity index (χ1n) is 7.53. The van der Waals surface area contributed by atoms with E-state index in [9.17, 15) is 13.6 Å². The monoisotopic (exact) mass is 366 g/mol. The summed E-state index contributed by atoms with van der Waals surface area (Å²) in [4.78, 5) is 13.6. The van der Waals surface area contributed by atoms with Crippen molar-refractivity contribution < 1.29 is 23.0 Å². The summed E-state index contributed by atoms with van der Waals surface area (Å²) in [7, 11) is 1.69. The van der Waals surface area contributed by atoms with Crippen LogP contribution < -0.4 is 15.2 Å². The second kappa shape index (κ2) is 11.0. The van der Waals surface area contributed by atoms with Gasteiger partial charge in [-0.25, -0.2) is 0 Å². The quantitative estimate of drug-likeness (QED) is 0.729. The zero-order chi connectivity index (χ0) is 17.4. The normalized spacial score (nSPS) is 11.6. The van der Waals surface area contributed by atoms with Crippen molar-refractivity contribution in [3.05, 3.63) is 23.8 Å². The van der Waals surface area contributed by atoms with Crippen molar-refractivity contribution in [1.82, 2.24) is 4.90 Å². The van der Waals surface area contributed by atoms with Gasteiger partial charge < -0.3 is 20.1 Å². The van der Waals surface area contributed by atoms with Crippen molar-refractivity contribution in [3.63, 3.8) is 0 Å². The summed E-state index contributed by atoms with van der Waals surface area (Å²) in [5.74, 6) is 0.200. The number of carbonyl (C=O) groups is 1. The van der Waals surface area contributed by atoms with Crippen molar-refractivity contribution in [3.8, 4) is 11.5 Å². The average Bonchev–Trinajstić information content (AvgIpc) is 2.47. The Kier molecular flexibility index (Phi) is 10.3. The molecule has 1 unspecified atom stereocenters. The number of amides is 1. The molecule has 0 aliphatic carbocycles. The van der Waals surface area contributed by atoms with Gasteiger partial charge in [-0.05, 0) is 38.0 Å². The fourth-order valence-electron chi connectivity index (χ4n) is 2.02. The number of hydrogen-bond acceptors (Lipinski definition) is 4. The molecule has 2 N–H and O–H groups in total. The van der Waals surface area contributed by atoms with Crippen molar-refractivity contribution in [2.24, 2.45) is 5.73 Å². The van der Waals surface area contributed by atoms with Crippen molar-refractivity contribution >= 4 is 18.3 Å². The van der Waals surface area contributed by atoms with Crippen LogP contribution in [0.4, 0.5) is 8.78 Å². The van der Waals surface area contributed by atoms with Gasteiger partial charge in [-0.1, -0.05) is 6.07 Å². The third-order valence-corrected chi connectivity index (χ3v) is 3.18. The molecule has 0 heterocycles. The largest absolute Gasteiger partial charge is 0.490 e. The lowest BCUT2D eigenvalue weighted by atomic mass is 10.1. The molecule has 0 aliphatic heterocycles. The van der Waals surface area contributed by atoms with E-state index in [-0.39, 0.29) is 35.9 Å². The molecule has 5 nitrogen and oxygen atoms in total. The van der Waals surface area contributed by atoms with Gasteiger partial charge in [0.05, 0.1) is 6.61 Å². The Balaban J connectivity index is 0.00000529. The fraction of sp³-hybridized carbons (Fsp3) is 0.562. The average molecular weight is 367 g/mol. The number of alkyl halides is 2. The van der Waals surface area contributed by atoms with Crippen LogP contribution in [0.5, 0.6) is 11.5 Å². The molecule has 138 valence electrons. The van der Waals surface area contributed by atoms with Gasteiger partial charge in [0.15, 0.2) is 11.5 Å². The Morgan fingerprint density at radius 2 is 2.00 bits per heavy atom. The standard InChI is InChI=1S/C16H24F2N2O3.ClH/c1-4-22-14-9-12(6-7-13(14)23-16(17)18)10-20(3)15(21)8-5-11(2)19;/h6-7,9,11,16H,4-5,8,10,19H2,1-3H3;1H. The van der Waals surface area contributed by atoms with Crippen LogP contribution in [-0.2, 0) is 11.3 Å². The first-order valence-corrected chi connectivity index (χ1v) is 7.53. The predicted molar refractivity (Wildman–Crippen MR) is 90.8 cm³/mol. The Morgan fingerprint density at radius 1 is 1.33 bits per heavy atom. The molecule has 0 saturated carbocycles. The summed E-state index contributed by atoms with van der Waals surface area (Å²) < 4.78 is 34.5. The highest BCUT2D eigenvalue weighted by Crippen LogP contribution is 2.30. The zero-order valence-electron chi connectivity index (χ0n) is 14.1. The van der Waals surface area contributed by atoms with E-state index in [0.717, 1.165) is 5.56 Å². The van der Waals surface area contributed by atoms with E-state index in [4.69, 9.17) is 10.5 Å². The Hall–Kier alpha value is -1.60. The van der Waals surface area contributed by atoms with Crippen LogP contribution in [0, 0.1) is 0 Å². The van der Waals surface area contributed by atoms with Gasteiger partial charge in [-0.3, -0.25) is 4.79 Å². The summed E-state index contributed by atoms with van der Waals surface area (Å²) in [5, 5.41) is 0. The third-order valence-electron chi connectivity index (χ3n) is 3.18. The number of nitrogens with two attached hydrogens (primary N) is 1. The summed E-state index contributed by atoms with van der Waals surface area (Å²) in [6.07, 6.45) is 0.994. The second-order valence-electron chi connectivity index (χ2n) is 5.36. The van der Waals surface area contributed by atoms with E-state index >= 15 is 0 Å². The van der Waals surface area contributed by atoms with Gasteiger partial charge in [0.25, 0.3) is 0 Å². The maximum Gasteiger partial charge on any atom is 0.387 e. The lowest BCUT2D eigenvalue weighted by molar-refractivity contribution is -0.130. The van der Waals surface area contributed by atoms with E-state index in [2.05, 4.69) is 4.74 Å². The van der Waals surface area contributed by atoms with Crippen LogP contribution in [0.25, 0.3) is 0 Å². The summed E-state index contributed by atoms with van der Waals surface area (Å²) >= 11 is 0. The van der Waals surface area contributed by atoms with Gasteiger partial charge in [0.1, 0.15) is 0 Å². The zero-order valence-corrected chi connectivity index (χ0v) is 14.9. The molecule has 1 aromatic rings. The Bertz CT molecular complexity index is 516. The maximum atomic E-state index is 12.4. The fourth-order valence-corrected chi connectivity index (χ4v) is 2.02. The molecule has 0 bridgehead atoms. The molecule has 1 rings (SSSR count). The SMILES string of the molecule is CCOc1cc(CN(C)C(=O)CCC(C)N)ccc1OC(F)F.Cl. The van der Waals surface area contributed by atoms with E-state index in [1.54, 1.807) is 31.0 Å². The van der Waals surface area contributed by atoms with E-state index in [1.807, 2.05) is 6.92 Å². The molecule has 1 aromatic carbocycles. The molecule has 0 saturated heterocycles. The number of hydrogen-bond donors (Lipinski definition) is 1. The molecule has 0 fully saturated rings. The third kappa shape index (κ3) is 7.79. The highest BCUT2D eigenvalue weighted by atomic mass is 35.5. The van der Waals surface area contributed by atoms with Crippen molar-refractivity contribution in [2.45, 2.75) is 45.9 Å². The van der Waals surface area contributed by atoms with Gasteiger partial charge >= 0.3 is 6.61 Å². The number of ether oxygens (including phenoxy) is 2. The van der Waals surface area contributed by atoms with E-state index in [0.29, 0.717) is 26.0 Å².